The van der Waals surface area contributed by atoms with Crippen molar-refractivity contribution in [2.75, 3.05) is 0 Å². The van der Waals surface area contributed by atoms with Crippen LogP contribution in [0.3, 0.4) is 0 Å². The molecule has 33 heavy (non-hydrogen) atoms. The molecular weight excluding hydrogens is 472 g/mol. The van der Waals surface area contributed by atoms with Crippen molar-refractivity contribution >= 4 is 32.0 Å². The molecule has 0 radical (unpaired) electrons. The molecule has 0 aliphatic heterocycles. The third kappa shape index (κ3) is 5.08. The second kappa shape index (κ2) is 9.21. The maximum absolute atomic E-state index is 12.6. The lowest BCUT2D eigenvalue weighted by Crippen LogP contribution is -2.40. The first-order valence-corrected chi connectivity index (χ1v) is 13.1. The molecule has 4 N–H and O–H groups in total. The molecule has 0 heterocycles. The molecule has 178 valence electrons. The van der Waals surface area contributed by atoms with Crippen molar-refractivity contribution in [1.29, 1.82) is 0 Å². The molecule has 0 saturated heterocycles. The third-order valence-electron chi connectivity index (χ3n) is 5.45. The van der Waals surface area contributed by atoms with Gasteiger partial charge in [0.1, 0.15) is 12.1 Å². The Kier molecular flexibility index (Phi) is 6.93. The predicted molar refractivity (Wildman–Crippen MR) is 119 cm³/mol. The van der Waals surface area contributed by atoms with Crippen molar-refractivity contribution in [2.45, 2.75) is 55.0 Å². The van der Waals surface area contributed by atoms with Gasteiger partial charge in [-0.05, 0) is 65.8 Å². The van der Waals surface area contributed by atoms with E-state index in [0.29, 0.717) is 11.1 Å². The molecule has 0 saturated carbocycles. The minimum atomic E-state index is -4.07. The third-order valence-corrected chi connectivity index (χ3v) is 8.39. The summed E-state index contributed by atoms with van der Waals surface area (Å²) in [5.74, 6) is -2.55. The van der Waals surface area contributed by atoms with Crippen LogP contribution in [0.25, 0.3) is 11.1 Å². The Morgan fingerprint density at radius 2 is 1.15 bits per heavy atom. The number of rotatable bonds is 10. The van der Waals surface area contributed by atoms with Crippen molar-refractivity contribution in [3.05, 3.63) is 47.5 Å². The highest BCUT2D eigenvalue weighted by Crippen LogP contribution is 2.38. The molecular formula is C21H24N2O8S2. The van der Waals surface area contributed by atoms with Gasteiger partial charge in [0.2, 0.25) is 20.0 Å². The van der Waals surface area contributed by atoms with Crippen LogP contribution < -0.4 is 9.44 Å². The molecule has 2 aromatic carbocycles. The van der Waals surface area contributed by atoms with Gasteiger partial charge in [-0.15, -0.1) is 0 Å². The molecule has 0 amide bonds. The maximum atomic E-state index is 12.6. The smallest absolute Gasteiger partial charge is 0.321 e. The SMILES string of the molecule is CC[C@H](NS(=O)(=O)c1ccc2c(c1)Cc1cc(S(=O)(=O)N[C@H](CC)C(=O)O)ccc1-2)C(=O)O. The van der Waals surface area contributed by atoms with Crippen LogP contribution in [0.2, 0.25) is 0 Å². The summed E-state index contributed by atoms with van der Waals surface area (Å²) in [6.45, 7) is 3.11. The van der Waals surface area contributed by atoms with E-state index < -0.39 is 44.1 Å². The van der Waals surface area contributed by atoms with E-state index in [1.807, 2.05) is 0 Å². The highest BCUT2D eigenvalue weighted by molar-refractivity contribution is 7.89. The molecule has 2 aromatic rings. The Bertz CT molecular complexity index is 1220. The second-order valence-electron chi connectivity index (χ2n) is 7.66. The molecule has 2 atom stereocenters. The molecule has 1 aliphatic carbocycles. The quantitative estimate of drug-likeness (QED) is 0.328. The molecule has 0 spiro atoms. The minimum Gasteiger partial charge on any atom is -0.480 e. The summed E-state index contributed by atoms with van der Waals surface area (Å²) in [4.78, 5) is 22.2. The van der Waals surface area contributed by atoms with Crippen LogP contribution in [-0.4, -0.2) is 51.1 Å². The number of sulfonamides is 2. The molecule has 0 bridgehead atoms. The van der Waals surface area contributed by atoms with Crippen LogP contribution in [-0.2, 0) is 36.1 Å². The lowest BCUT2D eigenvalue weighted by atomic mass is 10.1. The number of carboxylic acids is 2. The fraction of sp³-hybridized carbons (Fsp3) is 0.333. The first-order valence-electron chi connectivity index (χ1n) is 10.2. The van der Waals surface area contributed by atoms with Crippen LogP contribution in [0.4, 0.5) is 0 Å². The summed E-state index contributed by atoms with van der Waals surface area (Å²) in [5, 5.41) is 18.3. The van der Waals surface area contributed by atoms with E-state index in [1.54, 1.807) is 26.0 Å². The Labute approximate surface area is 191 Å². The van der Waals surface area contributed by atoms with Crippen molar-refractivity contribution < 1.29 is 36.6 Å². The molecule has 1 aliphatic rings. The van der Waals surface area contributed by atoms with Gasteiger partial charge in [-0.1, -0.05) is 26.0 Å². The zero-order chi connectivity index (χ0) is 24.6. The van der Waals surface area contributed by atoms with Gasteiger partial charge in [-0.2, -0.15) is 9.44 Å². The Morgan fingerprint density at radius 1 is 0.788 bits per heavy atom. The van der Waals surface area contributed by atoms with Crippen molar-refractivity contribution in [3.8, 4) is 11.1 Å². The lowest BCUT2D eigenvalue weighted by Gasteiger charge is -2.14. The molecule has 3 rings (SSSR count). The van der Waals surface area contributed by atoms with Gasteiger partial charge in [-0.25, -0.2) is 16.8 Å². The predicted octanol–water partition coefficient (Wildman–Crippen LogP) is 1.54. The monoisotopic (exact) mass is 496 g/mol. The standard InChI is InChI=1S/C21H24N2O8S2/c1-3-18(20(24)25)22-32(28,29)14-5-7-16-12(10-14)9-13-11-15(6-8-17(13)16)33(30,31)23-19(4-2)21(26)27/h5-8,10-11,18-19,22-23H,3-4,9H2,1-2H3,(H,24,25)(H,26,27)/t18-,19+. The van der Waals surface area contributed by atoms with Gasteiger partial charge in [0.15, 0.2) is 0 Å². The van der Waals surface area contributed by atoms with E-state index in [0.717, 1.165) is 11.1 Å². The highest BCUT2D eigenvalue weighted by Gasteiger charge is 2.28. The summed E-state index contributed by atoms with van der Waals surface area (Å²) in [6.07, 6.45) is 0.428. The van der Waals surface area contributed by atoms with E-state index in [2.05, 4.69) is 9.44 Å². The highest BCUT2D eigenvalue weighted by atomic mass is 32.2. The van der Waals surface area contributed by atoms with E-state index in [1.165, 1.54) is 24.3 Å². The van der Waals surface area contributed by atoms with E-state index in [9.17, 15) is 26.4 Å². The van der Waals surface area contributed by atoms with Crippen molar-refractivity contribution in [3.63, 3.8) is 0 Å². The fourth-order valence-electron chi connectivity index (χ4n) is 3.63. The Balaban J connectivity index is 1.90. The lowest BCUT2D eigenvalue weighted by molar-refractivity contribution is -0.139. The van der Waals surface area contributed by atoms with Gasteiger partial charge in [0.25, 0.3) is 0 Å². The van der Waals surface area contributed by atoms with Gasteiger partial charge in [0, 0.05) is 0 Å². The van der Waals surface area contributed by atoms with Crippen LogP contribution in [0.1, 0.15) is 37.8 Å². The summed E-state index contributed by atoms with van der Waals surface area (Å²) in [7, 11) is -8.15. The number of aliphatic carboxylic acids is 2. The first kappa shape index (κ1) is 24.8. The number of fused-ring (bicyclic) bond motifs is 3. The summed E-state index contributed by atoms with van der Waals surface area (Å²) in [6, 6.07) is 6.32. The second-order valence-corrected chi connectivity index (χ2v) is 11.1. The average molecular weight is 497 g/mol. The fourth-order valence-corrected chi connectivity index (χ4v) is 6.27. The maximum Gasteiger partial charge on any atom is 0.321 e. The van der Waals surface area contributed by atoms with Gasteiger partial charge >= 0.3 is 11.9 Å². The first-order chi connectivity index (χ1) is 15.4. The van der Waals surface area contributed by atoms with E-state index in [-0.39, 0.29) is 29.1 Å². The van der Waals surface area contributed by atoms with Crippen LogP contribution in [0.5, 0.6) is 0 Å². The number of carboxylic acid groups (broad SMARTS) is 2. The zero-order valence-electron chi connectivity index (χ0n) is 17.9. The summed E-state index contributed by atoms with van der Waals surface area (Å²) < 4.78 is 54.9. The Hall–Kier alpha value is -2.80. The average Bonchev–Trinajstić information content (AvgIpc) is 3.12. The summed E-state index contributed by atoms with van der Waals surface area (Å²) >= 11 is 0. The van der Waals surface area contributed by atoms with Crippen LogP contribution in [0.15, 0.2) is 46.2 Å². The van der Waals surface area contributed by atoms with Gasteiger partial charge in [-0.3, -0.25) is 9.59 Å². The number of hydrogen-bond acceptors (Lipinski definition) is 6. The normalized spacial score (nSPS) is 14.8. The van der Waals surface area contributed by atoms with E-state index >= 15 is 0 Å². The number of carbonyl (C=O) groups is 2. The number of nitrogens with one attached hydrogen (secondary N) is 2. The van der Waals surface area contributed by atoms with E-state index in [4.69, 9.17) is 10.2 Å². The van der Waals surface area contributed by atoms with Crippen LogP contribution in [0, 0.1) is 0 Å². The zero-order valence-corrected chi connectivity index (χ0v) is 19.5. The molecule has 0 unspecified atom stereocenters. The number of hydrogen-bond donors (Lipinski definition) is 4. The summed E-state index contributed by atoms with van der Waals surface area (Å²) in [5.41, 5.74) is 2.78. The Morgan fingerprint density at radius 3 is 1.45 bits per heavy atom. The van der Waals surface area contributed by atoms with Crippen LogP contribution >= 0.6 is 0 Å². The minimum absolute atomic E-state index is 0.0804. The van der Waals surface area contributed by atoms with Crippen molar-refractivity contribution in [1.82, 2.24) is 9.44 Å². The molecule has 12 heteroatoms. The van der Waals surface area contributed by atoms with Crippen molar-refractivity contribution in [2.24, 2.45) is 0 Å². The topological polar surface area (TPSA) is 167 Å². The molecule has 0 fully saturated rings. The number of benzene rings is 2. The van der Waals surface area contributed by atoms with Gasteiger partial charge < -0.3 is 10.2 Å². The largest absolute Gasteiger partial charge is 0.480 e. The van der Waals surface area contributed by atoms with Gasteiger partial charge in [0.05, 0.1) is 9.79 Å². The molecule has 10 nitrogen and oxygen atoms in total. The molecule has 0 aromatic heterocycles.